The Balaban J connectivity index is 2.47. The molecule has 2 unspecified atom stereocenters. The molecule has 0 spiro atoms. The van der Waals surface area contributed by atoms with Crippen molar-refractivity contribution >= 4 is 17.3 Å². The number of rotatable bonds is 7. The maximum absolute atomic E-state index is 12.0. The number of nitro benzene ring substituents is 1. The van der Waals surface area contributed by atoms with Crippen molar-refractivity contribution in [2.24, 2.45) is 5.41 Å². The molecule has 3 N–H and O–H groups in total. The first-order valence-electron chi connectivity index (χ1n) is 7.55. The van der Waals surface area contributed by atoms with E-state index in [1.165, 1.54) is 18.2 Å². The van der Waals surface area contributed by atoms with E-state index in [2.05, 4.69) is 10.6 Å². The number of nitrogens with zero attached hydrogens (tertiary/aromatic N) is 1. The minimum absolute atomic E-state index is 0.0673. The maximum atomic E-state index is 12.0. The maximum Gasteiger partial charge on any atom is 0.271 e. The summed E-state index contributed by atoms with van der Waals surface area (Å²) in [6.45, 7) is 8.08. The summed E-state index contributed by atoms with van der Waals surface area (Å²) in [5, 5.41) is 26.4. The summed E-state index contributed by atoms with van der Waals surface area (Å²) < 4.78 is 0. The number of carbonyl (C=O) groups excluding carboxylic acids is 1. The number of hydrogen-bond acceptors (Lipinski definition) is 5. The molecule has 128 valence electrons. The predicted molar refractivity (Wildman–Crippen MR) is 89.3 cm³/mol. The van der Waals surface area contributed by atoms with Crippen molar-refractivity contribution < 1.29 is 14.8 Å². The lowest BCUT2D eigenvalue weighted by Gasteiger charge is -2.27. The Hall–Kier alpha value is -1.99. The van der Waals surface area contributed by atoms with Crippen molar-refractivity contribution in [3.8, 4) is 0 Å². The molecule has 0 saturated carbocycles. The zero-order valence-corrected chi connectivity index (χ0v) is 14.0. The largest absolute Gasteiger partial charge is 0.391 e. The monoisotopic (exact) mass is 323 g/mol. The van der Waals surface area contributed by atoms with Crippen LogP contribution >= 0.6 is 0 Å². The summed E-state index contributed by atoms with van der Waals surface area (Å²) >= 11 is 0. The average molecular weight is 323 g/mol. The van der Waals surface area contributed by atoms with Gasteiger partial charge in [0.1, 0.15) is 0 Å². The lowest BCUT2D eigenvalue weighted by molar-refractivity contribution is -0.384. The molecule has 0 radical (unpaired) electrons. The number of aliphatic hydroxyl groups is 1. The molecular formula is C16H25N3O4. The number of hydrogen-bond donors (Lipinski definition) is 3. The third kappa shape index (κ3) is 6.75. The lowest BCUT2D eigenvalue weighted by atomic mass is 9.89. The highest BCUT2D eigenvalue weighted by Crippen LogP contribution is 2.19. The normalized spacial score (nSPS) is 14.1. The molecule has 1 rings (SSSR count). The molecule has 0 saturated heterocycles. The van der Waals surface area contributed by atoms with E-state index >= 15 is 0 Å². The zero-order chi connectivity index (χ0) is 17.6. The number of non-ortho nitro benzene ring substituents is 1. The van der Waals surface area contributed by atoms with Gasteiger partial charge in [0.2, 0.25) is 5.91 Å². The first kappa shape index (κ1) is 19.1. The summed E-state index contributed by atoms with van der Waals surface area (Å²) in [5.41, 5.74) is 0.103. The Bertz CT molecular complexity index is 555. The topological polar surface area (TPSA) is 104 Å². The first-order chi connectivity index (χ1) is 10.6. The van der Waals surface area contributed by atoms with Crippen LogP contribution in [0.15, 0.2) is 24.3 Å². The van der Waals surface area contributed by atoms with Crippen molar-refractivity contribution in [2.75, 3.05) is 11.9 Å². The standard InChI is InChI=1S/C16H25N3O4/c1-11(17-10-14(20)16(2,3)4)8-15(21)18-12-6-5-7-13(9-12)19(22)23/h5-7,9,11,14,17,20H,8,10H2,1-4H3,(H,18,21). The fourth-order valence-corrected chi connectivity index (χ4v) is 1.88. The molecule has 7 heteroatoms. The van der Waals surface area contributed by atoms with Gasteiger partial charge in [-0.15, -0.1) is 0 Å². The van der Waals surface area contributed by atoms with Gasteiger partial charge >= 0.3 is 0 Å². The van der Waals surface area contributed by atoms with Gasteiger partial charge < -0.3 is 15.7 Å². The molecule has 1 aromatic carbocycles. The molecule has 7 nitrogen and oxygen atoms in total. The van der Waals surface area contributed by atoms with Crippen molar-refractivity contribution in [3.63, 3.8) is 0 Å². The molecule has 0 aliphatic rings. The van der Waals surface area contributed by atoms with Gasteiger partial charge in [-0.05, 0) is 18.4 Å². The van der Waals surface area contributed by atoms with Gasteiger partial charge in [0.05, 0.1) is 11.0 Å². The summed E-state index contributed by atoms with van der Waals surface area (Å²) in [7, 11) is 0. The second-order valence-electron chi connectivity index (χ2n) is 6.75. The number of nitro groups is 1. The van der Waals surface area contributed by atoms with Crippen molar-refractivity contribution in [2.45, 2.75) is 46.3 Å². The second kappa shape index (κ2) is 8.03. The van der Waals surface area contributed by atoms with Gasteiger partial charge in [0.25, 0.3) is 5.69 Å². The Morgan fingerprint density at radius 1 is 1.39 bits per heavy atom. The van der Waals surface area contributed by atoms with Crippen LogP contribution in [0.1, 0.15) is 34.1 Å². The summed E-state index contributed by atoms with van der Waals surface area (Å²) in [5.74, 6) is -0.240. The quantitative estimate of drug-likeness (QED) is 0.527. The van der Waals surface area contributed by atoms with E-state index < -0.39 is 11.0 Å². The van der Waals surface area contributed by atoms with Gasteiger partial charge in [0.15, 0.2) is 0 Å². The van der Waals surface area contributed by atoms with Gasteiger partial charge in [-0.2, -0.15) is 0 Å². The Morgan fingerprint density at radius 3 is 2.61 bits per heavy atom. The van der Waals surface area contributed by atoms with E-state index in [4.69, 9.17) is 0 Å². The van der Waals surface area contributed by atoms with Crippen LogP contribution in [0.2, 0.25) is 0 Å². The third-order valence-corrected chi connectivity index (χ3v) is 3.49. The molecule has 2 atom stereocenters. The highest BCUT2D eigenvalue weighted by atomic mass is 16.6. The highest BCUT2D eigenvalue weighted by molar-refractivity contribution is 5.91. The van der Waals surface area contributed by atoms with Crippen LogP contribution < -0.4 is 10.6 Å². The molecule has 1 amide bonds. The van der Waals surface area contributed by atoms with Crippen LogP contribution in [0.25, 0.3) is 0 Å². The van der Waals surface area contributed by atoms with Crippen LogP contribution in [0.4, 0.5) is 11.4 Å². The van der Waals surface area contributed by atoms with Crippen LogP contribution in [-0.2, 0) is 4.79 Å². The van der Waals surface area contributed by atoms with Crippen LogP contribution in [0, 0.1) is 15.5 Å². The second-order valence-corrected chi connectivity index (χ2v) is 6.75. The lowest BCUT2D eigenvalue weighted by Crippen LogP contribution is -2.41. The average Bonchev–Trinajstić information content (AvgIpc) is 2.43. The number of aliphatic hydroxyl groups excluding tert-OH is 1. The van der Waals surface area contributed by atoms with E-state index in [0.717, 1.165) is 0 Å². The number of nitrogens with one attached hydrogen (secondary N) is 2. The SMILES string of the molecule is CC(CC(=O)Nc1cccc([N+](=O)[O-])c1)NCC(O)C(C)(C)C. The Labute approximate surface area is 136 Å². The van der Waals surface area contributed by atoms with Crippen LogP contribution in [0.5, 0.6) is 0 Å². The molecule has 23 heavy (non-hydrogen) atoms. The minimum Gasteiger partial charge on any atom is -0.391 e. The smallest absolute Gasteiger partial charge is 0.271 e. The van der Waals surface area contributed by atoms with Gasteiger partial charge in [0, 0.05) is 36.8 Å². The minimum atomic E-state index is -0.509. The summed E-state index contributed by atoms with van der Waals surface area (Å²) in [6.07, 6.45) is -0.302. The molecule has 0 heterocycles. The van der Waals surface area contributed by atoms with E-state index in [1.54, 1.807) is 6.07 Å². The molecule has 0 fully saturated rings. The van der Waals surface area contributed by atoms with E-state index in [1.807, 2.05) is 27.7 Å². The fourth-order valence-electron chi connectivity index (χ4n) is 1.88. The molecular weight excluding hydrogens is 298 g/mol. The van der Waals surface area contributed by atoms with Crippen LogP contribution in [0.3, 0.4) is 0 Å². The summed E-state index contributed by atoms with van der Waals surface area (Å²) in [6, 6.07) is 5.69. The van der Waals surface area contributed by atoms with Gasteiger partial charge in [-0.3, -0.25) is 14.9 Å². The highest BCUT2D eigenvalue weighted by Gasteiger charge is 2.22. The van der Waals surface area contributed by atoms with Crippen molar-refractivity contribution in [3.05, 3.63) is 34.4 Å². The predicted octanol–water partition coefficient (Wildman–Crippen LogP) is 2.31. The van der Waals surface area contributed by atoms with E-state index in [-0.39, 0.29) is 29.5 Å². The summed E-state index contributed by atoms with van der Waals surface area (Å²) in [4.78, 5) is 22.2. The van der Waals surface area contributed by atoms with Gasteiger partial charge in [-0.1, -0.05) is 26.8 Å². The van der Waals surface area contributed by atoms with E-state index in [9.17, 15) is 20.0 Å². The van der Waals surface area contributed by atoms with Crippen molar-refractivity contribution in [1.82, 2.24) is 5.32 Å². The molecule has 0 aliphatic heterocycles. The molecule has 0 aliphatic carbocycles. The molecule has 0 bridgehead atoms. The number of anilines is 1. The number of carbonyl (C=O) groups is 1. The first-order valence-corrected chi connectivity index (χ1v) is 7.55. The number of benzene rings is 1. The van der Waals surface area contributed by atoms with Gasteiger partial charge in [-0.25, -0.2) is 0 Å². The molecule has 0 aromatic heterocycles. The molecule has 1 aromatic rings. The zero-order valence-electron chi connectivity index (χ0n) is 14.0. The Kier molecular flexibility index (Phi) is 6.65. The number of amides is 1. The third-order valence-electron chi connectivity index (χ3n) is 3.49. The Morgan fingerprint density at radius 2 is 2.04 bits per heavy atom. The fraction of sp³-hybridized carbons (Fsp3) is 0.562. The van der Waals surface area contributed by atoms with E-state index in [0.29, 0.717) is 12.2 Å². The van der Waals surface area contributed by atoms with Crippen molar-refractivity contribution in [1.29, 1.82) is 0 Å². The van der Waals surface area contributed by atoms with Crippen LogP contribution in [-0.4, -0.2) is 34.6 Å².